The molecule has 7 heteroatoms. The highest BCUT2D eigenvalue weighted by molar-refractivity contribution is 6.46. The van der Waals surface area contributed by atoms with Gasteiger partial charge in [0.25, 0.3) is 11.7 Å². The van der Waals surface area contributed by atoms with E-state index in [1.54, 1.807) is 12.1 Å². The Morgan fingerprint density at radius 2 is 1.84 bits per heavy atom. The molecule has 2 N–H and O–H groups in total. The van der Waals surface area contributed by atoms with E-state index >= 15 is 0 Å². The van der Waals surface area contributed by atoms with Gasteiger partial charge in [0.15, 0.2) is 0 Å². The molecule has 0 saturated carbocycles. The molecule has 1 saturated heterocycles. The van der Waals surface area contributed by atoms with Crippen LogP contribution in [0.4, 0.5) is 4.39 Å². The van der Waals surface area contributed by atoms with Gasteiger partial charge in [-0.05, 0) is 54.4 Å². The van der Waals surface area contributed by atoms with Crippen LogP contribution in [0.3, 0.4) is 0 Å². The molecule has 5 rings (SSSR count). The maximum absolute atomic E-state index is 13.3. The summed E-state index contributed by atoms with van der Waals surface area (Å²) in [5.74, 6) is -1.98. The molecule has 0 spiro atoms. The smallest absolute Gasteiger partial charge is 0.295 e. The van der Waals surface area contributed by atoms with Gasteiger partial charge in [-0.2, -0.15) is 0 Å². The van der Waals surface area contributed by atoms with Gasteiger partial charge in [0, 0.05) is 29.2 Å². The number of rotatable bonds is 5. The van der Waals surface area contributed by atoms with E-state index in [1.165, 1.54) is 35.4 Å². The largest absolute Gasteiger partial charge is 0.507 e. The lowest BCUT2D eigenvalue weighted by Gasteiger charge is -2.23. The number of halogens is 1. The molecule has 0 aliphatic carbocycles. The zero-order valence-electron chi connectivity index (χ0n) is 16.9. The van der Waals surface area contributed by atoms with E-state index in [0.717, 1.165) is 16.5 Å². The Bertz CT molecular complexity index is 1340. The number of ketones is 1. The van der Waals surface area contributed by atoms with E-state index in [9.17, 15) is 19.1 Å². The lowest BCUT2D eigenvalue weighted by Crippen LogP contribution is -2.31. The van der Waals surface area contributed by atoms with Gasteiger partial charge in [-0.15, -0.1) is 0 Å². The molecule has 2 aromatic heterocycles. The molecule has 32 heavy (non-hydrogen) atoms. The number of hydrogen-bond acceptors (Lipinski definition) is 4. The summed E-state index contributed by atoms with van der Waals surface area (Å²) in [5, 5.41) is 11.9. The van der Waals surface area contributed by atoms with E-state index in [4.69, 9.17) is 4.42 Å². The minimum Gasteiger partial charge on any atom is -0.507 e. The predicted octanol–water partition coefficient (Wildman–Crippen LogP) is 4.56. The zero-order chi connectivity index (χ0) is 22.2. The third-order valence-corrected chi connectivity index (χ3v) is 5.77. The Morgan fingerprint density at radius 1 is 1.06 bits per heavy atom. The number of carbonyl (C=O) groups excluding carboxylic acids is 2. The zero-order valence-corrected chi connectivity index (χ0v) is 16.9. The molecule has 160 valence electrons. The number of nitrogens with one attached hydrogen (secondary N) is 1. The van der Waals surface area contributed by atoms with Crippen LogP contribution in [0.2, 0.25) is 0 Å². The summed E-state index contributed by atoms with van der Waals surface area (Å²) in [6.45, 7) is 0.248. The van der Waals surface area contributed by atoms with Gasteiger partial charge < -0.3 is 19.4 Å². The fraction of sp³-hybridized carbons (Fsp3) is 0.120. The highest BCUT2D eigenvalue weighted by atomic mass is 19.1. The van der Waals surface area contributed by atoms with Gasteiger partial charge in [0.2, 0.25) is 0 Å². The number of Topliss-reactive ketones (excluding diaryl/α,β-unsaturated/α-hetero) is 1. The molecule has 2 aromatic carbocycles. The van der Waals surface area contributed by atoms with Crippen molar-refractivity contribution >= 4 is 28.4 Å². The Hall–Kier alpha value is -4.13. The average molecular weight is 430 g/mol. The normalized spacial score (nSPS) is 18.0. The number of fused-ring (bicyclic) bond motifs is 1. The summed E-state index contributed by atoms with van der Waals surface area (Å²) in [5.41, 5.74) is 2.18. The molecule has 1 atom stereocenters. The number of H-pyrrole nitrogens is 1. The standard InChI is InChI=1S/C25H19FN2O4/c26-17-9-7-15(8-10-17)23(29)21-22(20-6-3-13-32-20)28(25(31)24(21)30)12-11-16-14-27-19-5-2-1-4-18(16)19/h1-10,13-14,22,27,29H,11-12H2/t22-/m0/s1. The van der Waals surface area contributed by atoms with Crippen LogP contribution in [-0.4, -0.2) is 33.2 Å². The van der Waals surface area contributed by atoms with Gasteiger partial charge in [-0.1, -0.05) is 18.2 Å². The summed E-state index contributed by atoms with van der Waals surface area (Å²) in [6.07, 6.45) is 3.85. The molecule has 6 nitrogen and oxygen atoms in total. The van der Waals surface area contributed by atoms with Crippen molar-refractivity contribution in [1.29, 1.82) is 0 Å². The SMILES string of the molecule is O=C1C(=O)N(CCc2c[nH]c3ccccc23)[C@@H](c2ccco2)C1=C(O)c1ccc(F)cc1. The summed E-state index contributed by atoms with van der Waals surface area (Å²) in [4.78, 5) is 30.5. The van der Waals surface area contributed by atoms with E-state index in [0.29, 0.717) is 12.2 Å². The first-order valence-corrected chi connectivity index (χ1v) is 10.2. The number of amides is 1. The number of aromatic amines is 1. The quantitative estimate of drug-likeness (QED) is 0.276. The predicted molar refractivity (Wildman–Crippen MR) is 116 cm³/mol. The number of aromatic nitrogens is 1. The molecule has 1 amide bonds. The minimum atomic E-state index is -0.875. The molecular formula is C25H19FN2O4. The van der Waals surface area contributed by atoms with Crippen molar-refractivity contribution < 1.29 is 23.5 Å². The Labute approximate surface area is 182 Å². The number of para-hydroxylation sites is 1. The van der Waals surface area contributed by atoms with Crippen LogP contribution in [0.25, 0.3) is 16.7 Å². The molecule has 0 radical (unpaired) electrons. The number of aliphatic hydroxyl groups excluding tert-OH is 1. The number of likely N-dealkylation sites (tertiary alicyclic amines) is 1. The van der Waals surface area contributed by atoms with Crippen molar-refractivity contribution in [2.75, 3.05) is 6.54 Å². The van der Waals surface area contributed by atoms with Crippen LogP contribution < -0.4 is 0 Å². The monoisotopic (exact) mass is 430 g/mol. The summed E-state index contributed by atoms with van der Waals surface area (Å²) >= 11 is 0. The molecule has 4 aromatic rings. The number of furan rings is 1. The number of hydrogen-bond donors (Lipinski definition) is 2. The van der Waals surface area contributed by atoms with Crippen LogP contribution in [0.1, 0.15) is 22.9 Å². The molecule has 1 aliphatic rings. The number of carbonyl (C=O) groups is 2. The lowest BCUT2D eigenvalue weighted by molar-refractivity contribution is -0.140. The molecule has 1 aliphatic heterocycles. The van der Waals surface area contributed by atoms with E-state index in [2.05, 4.69) is 4.98 Å². The maximum Gasteiger partial charge on any atom is 0.295 e. The first-order chi connectivity index (χ1) is 15.5. The van der Waals surface area contributed by atoms with Gasteiger partial charge >= 0.3 is 0 Å². The number of aliphatic hydroxyl groups is 1. The molecular weight excluding hydrogens is 411 g/mol. The van der Waals surface area contributed by atoms with Crippen LogP contribution >= 0.6 is 0 Å². The van der Waals surface area contributed by atoms with Crippen molar-refractivity contribution in [2.24, 2.45) is 0 Å². The average Bonchev–Trinajstić information content (AvgIpc) is 3.52. The van der Waals surface area contributed by atoms with Gasteiger partial charge in [-0.25, -0.2) is 4.39 Å². The summed E-state index contributed by atoms with van der Waals surface area (Å²) in [7, 11) is 0. The maximum atomic E-state index is 13.3. The third-order valence-electron chi connectivity index (χ3n) is 5.77. The first-order valence-electron chi connectivity index (χ1n) is 10.2. The first kappa shape index (κ1) is 19.8. The van der Waals surface area contributed by atoms with Crippen molar-refractivity contribution in [3.63, 3.8) is 0 Å². The number of nitrogens with zero attached hydrogens (tertiary/aromatic N) is 1. The highest BCUT2D eigenvalue weighted by Gasteiger charge is 2.47. The molecule has 0 unspecified atom stereocenters. The van der Waals surface area contributed by atoms with Gasteiger partial charge in [0.05, 0.1) is 11.8 Å². The highest BCUT2D eigenvalue weighted by Crippen LogP contribution is 2.39. The van der Waals surface area contributed by atoms with E-state index < -0.39 is 23.5 Å². The molecule has 0 bridgehead atoms. The number of benzene rings is 2. The van der Waals surface area contributed by atoms with Gasteiger partial charge in [0.1, 0.15) is 23.4 Å². The lowest BCUT2D eigenvalue weighted by atomic mass is 9.99. The minimum absolute atomic E-state index is 0.0736. The van der Waals surface area contributed by atoms with Crippen molar-refractivity contribution in [1.82, 2.24) is 9.88 Å². The van der Waals surface area contributed by atoms with Gasteiger partial charge in [-0.3, -0.25) is 9.59 Å². The Balaban J connectivity index is 1.53. The van der Waals surface area contributed by atoms with Crippen LogP contribution in [0.15, 0.2) is 83.1 Å². The van der Waals surface area contributed by atoms with Crippen molar-refractivity contribution in [3.8, 4) is 0 Å². The van der Waals surface area contributed by atoms with Crippen LogP contribution in [-0.2, 0) is 16.0 Å². The third kappa shape index (κ3) is 3.28. The fourth-order valence-corrected chi connectivity index (χ4v) is 4.20. The second-order valence-electron chi connectivity index (χ2n) is 7.62. The fourth-order valence-electron chi connectivity index (χ4n) is 4.20. The van der Waals surface area contributed by atoms with Crippen molar-refractivity contribution in [3.05, 3.63) is 101 Å². The Morgan fingerprint density at radius 3 is 2.59 bits per heavy atom. The Kier molecular flexibility index (Phi) is 4.86. The second kappa shape index (κ2) is 7.85. The molecule has 3 heterocycles. The van der Waals surface area contributed by atoms with E-state index in [-0.39, 0.29) is 23.4 Å². The van der Waals surface area contributed by atoms with Crippen LogP contribution in [0, 0.1) is 5.82 Å². The second-order valence-corrected chi connectivity index (χ2v) is 7.62. The summed E-state index contributed by atoms with van der Waals surface area (Å²) in [6, 6.07) is 15.4. The van der Waals surface area contributed by atoms with Crippen LogP contribution in [0.5, 0.6) is 0 Å². The van der Waals surface area contributed by atoms with E-state index in [1.807, 2.05) is 30.5 Å². The van der Waals surface area contributed by atoms with Crippen molar-refractivity contribution in [2.45, 2.75) is 12.5 Å². The topological polar surface area (TPSA) is 86.5 Å². The molecule has 1 fully saturated rings. The summed E-state index contributed by atoms with van der Waals surface area (Å²) < 4.78 is 18.9.